The first-order valence-electron chi connectivity index (χ1n) is 9.38. The standard InChI is InChI=1S/C22H20Cl2N2O5S/c1-30-20-5-3-2-4-15(20)13-25-22(27)14-31-21-11-10-18(12-19(21)24)32(28,29)26-17-8-6-16(23)7-9-17/h2-12,26H,13-14H2,1H3,(H,25,27). The number of halogens is 2. The molecular weight excluding hydrogens is 475 g/mol. The summed E-state index contributed by atoms with van der Waals surface area (Å²) in [5.74, 6) is 0.485. The molecule has 0 saturated carbocycles. The summed E-state index contributed by atoms with van der Waals surface area (Å²) in [5, 5.41) is 3.28. The van der Waals surface area contributed by atoms with Gasteiger partial charge in [-0.15, -0.1) is 0 Å². The average Bonchev–Trinajstić information content (AvgIpc) is 2.78. The van der Waals surface area contributed by atoms with Gasteiger partial charge in [-0.05, 0) is 48.5 Å². The van der Waals surface area contributed by atoms with Crippen LogP contribution in [-0.4, -0.2) is 28.0 Å². The lowest BCUT2D eigenvalue weighted by atomic mass is 10.2. The summed E-state index contributed by atoms with van der Waals surface area (Å²) in [6.45, 7) is -0.0164. The van der Waals surface area contributed by atoms with Crippen molar-refractivity contribution in [3.63, 3.8) is 0 Å². The van der Waals surface area contributed by atoms with Crippen LogP contribution >= 0.6 is 23.2 Å². The number of carbonyl (C=O) groups is 1. The highest BCUT2D eigenvalue weighted by atomic mass is 35.5. The van der Waals surface area contributed by atoms with Gasteiger partial charge in [-0.2, -0.15) is 0 Å². The molecule has 0 radical (unpaired) electrons. The number of carbonyl (C=O) groups excluding carboxylic acids is 1. The van der Waals surface area contributed by atoms with Crippen LogP contribution in [0.4, 0.5) is 5.69 Å². The van der Waals surface area contributed by atoms with Gasteiger partial charge in [0.1, 0.15) is 11.5 Å². The third-order valence-corrected chi connectivity index (χ3v) is 6.26. The number of hydrogen-bond donors (Lipinski definition) is 2. The first-order valence-corrected chi connectivity index (χ1v) is 11.6. The number of para-hydroxylation sites is 1. The molecule has 3 aromatic rings. The van der Waals surface area contributed by atoms with Crippen LogP contribution in [0.1, 0.15) is 5.56 Å². The maximum Gasteiger partial charge on any atom is 0.261 e. The van der Waals surface area contributed by atoms with Crippen LogP contribution in [0.15, 0.2) is 71.6 Å². The van der Waals surface area contributed by atoms with E-state index in [0.29, 0.717) is 16.5 Å². The van der Waals surface area contributed by atoms with E-state index in [-0.39, 0.29) is 34.7 Å². The summed E-state index contributed by atoms with van der Waals surface area (Å²) in [4.78, 5) is 12.1. The smallest absolute Gasteiger partial charge is 0.261 e. The highest BCUT2D eigenvalue weighted by molar-refractivity contribution is 7.92. The van der Waals surface area contributed by atoms with Gasteiger partial charge in [-0.25, -0.2) is 8.42 Å². The lowest BCUT2D eigenvalue weighted by Gasteiger charge is -2.12. The number of methoxy groups -OCH3 is 1. The second-order valence-corrected chi connectivity index (χ2v) is 9.11. The van der Waals surface area contributed by atoms with Crippen molar-refractivity contribution < 1.29 is 22.7 Å². The minimum atomic E-state index is -3.87. The van der Waals surface area contributed by atoms with E-state index in [1.165, 1.54) is 18.2 Å². The predicted molar refractivity (Wildman–Crippen MR) is 124 cm³/mol. The molecule has 0 aliphatic carbocycles. The first-order chi connectivity index (χ1) is 15.3. The Morgan fingerprint density at radius 1 is 0.969 bits per heavy atom. The van der Waals surface area contributed by atoms with E-state index in [0.717, 1.165) is 5.56 Å². The van der Waals surface area contributed by atoms with Crippen LogP contribution in [0.3, 0.4) is 0 Å². The van der Waals surface area contributed by atoms with Crippen LogP contribution in [0.5, 0.6) is 11.5 Å². The second-order valence-electron chi connectivity index (χ2n) is 6.58. The molecule has 0 heterocycles. The van der Waals surface area contributed by atoms with Crippen LogP contribution < -0.4 is 19.5 Å². The van der Waals surface area contributed by atoms with E-state index in [4.69, 9.17) is 32.7 Å². The summed E-state index contributed by atoms with van der Waals surface area (Å²) >= 11 is 12.0. The molecule has 7 nitrogen and oxygen atoms in total. The van der Waals surface area contributed by atoms with Gasteiger partial charge in [0.05, 0.1) is 17.0 Å². The number of sulfonamides is 1. The van der Waals surface area contributed by atoms with Crippen molar-refractivity contribution >= 4 is 44.8 Å². The molecule has 0 bridgehead atoms. The first kappa shape index (κ1) is 23.7. The van der Waals surface area contributed by atoms with E-state index in [1.54, 1.807) is 37.4 Å². The van der Waals surface area contributed by atoms with Gasteiger partial charge in [0.15, 0.2) is 6.61 Å². The molecule has 0 atom stereocenters. The number of nitrogens with one attached hydrogen (secondary N) is 2. The fourth-order valence-electron chi connectivity index (χ4n) is 2.73. The van der Waals surface area contributed by atoms with Gasteiger partial charge in [0.2, 0.25) is 0 Å². The molecule has 0 aliphatic heterocycles. The second kappa shape index (κ2) is 10.6. The Bertz CT molecular complexity index is 1200. The predicted octanol–water partition coefficient (Wildman–Crippen LogP) is 4.50. The van der Waals surface area contributed by atoms with Crippen molar-refractivity contribution in [2.75, 3.05) is 18.4 Å². The van der Waals surface area contributed by atoms with Crippen molar-refractivity contribution in [3.05, 3.63) is 82.3 Å². The fourth-order valence-corrected chi connectivity index (χ4v) is 4.25. The Morgan fingerprint density at radius 2 is 1.69 bits per heavy atom. The van der Waals surface area contributed by atoms with Crippen molar-refractivity contribution in [3.8, 4) is 11.5 Å². The zero-order valence-electron chi connectivity index (χ0n) is 17.0. The third kappa shape index (κ3) is 6.29. The van der Waals surface area contributed by atoms with Gasteiger partial charge in [-0.3, -0.25) is 9.52 Å². The average molecular weight is 495 g/mol. The molecule has 168 valence electrons. The Morgan fingerprint density at radius 3 is 2.38 bits per heavy atom. The lowest BCUT2D eigenvalue weighted by molar-refractivity contribution is -0.123. The van der Waals surface area contributed by atoms with Gasteiger partial charge >= 0.3 is 0 Å². The minimum Gasteiger partial charge on any atom is -0.496 e. The Kier molecular flexibility index (Phi) is 7.84. The Hall–Kier alpha value is -2.94. The fraction of sp³-hybridized carbons (Fsp3) is 0.136. The van der Waals surface area contributed by atoms with Crippen LogP contribution in [0.2, 0.25) is 10.0 Å². The summed E-state index contributed by atoms with van der Waals surface area (Å²) < 4.78 is 38.3. The van der Waals surface area contributed by atoms with E-state index >= 15 is 0 Å². The van der Waals surface area contributed by atoms with Gasteiger partial charge < -0.3 is 14.8 Å². The van der Waals surface area contributed by atoms with Gasteiger partial charge in [-0.1, -0.05) is 41.4 Å². The molecule has 0 spiro atoms. The minimum absolute atomic E-state index is 0.0505. The highest BCUT2D eigenvalue weighted by Gasteiger charge is 2.17. The molecule has 32 heavy (non-hydrogen) atoms. The number of ether oxygens (including phenoxy) is 2. The van der Waals surface area contributed by atoms with E-state index < -0.39 is 10.0 Å². The largest absolute Gasteiger partial charge is 0.496 e. The van der Waals surface area contributed by atoms with Gasteiger partial charge in [0, 0.05) is 22.8 Å². The van der Waals surface area contributed by atoms with Gasteiger partial charge in [0.25, 0.3) is 15.9 Å². The third-order valence-electron chi connectivity index (χ3n) is 4.34. The topological polar surface area (TPSA) is 93.7 Å². The molecule has 0 fully saturated rings. The summed E-state index contributed by atoms with van der Waals surface area (Å²) in [5.41, 5.74) is 1.18. The van der Waals surface area contributed by atoms with E-state index in [9.17, 15) is 13.2 Å². The molecular formula is C22H20Cl2N2O5S. The summed E-state index contributed by atoms with van der Waals surface area (Å²) in [6.07, 6.45) is 0. The molecule has 3 rings (SSSR count). The Labute approximate surface area is 196 Å². The molecule has 3 aromatic carbocycles. The maximum atomic E-state index is 12.6. The number of hydrogen-bond acceptors (Lipinski definition) is 5. The Balaban J connectivity index is 1.58. The molecule has 2 N–H and O–H groups in total. The monoisotopic (exact) mass is 494 g/mol. The number of rotatable bonds is 9. The molecule has 0 unspecified atom stereocenters. The molecule has 0 aromatic heterocycles. The lowest BCUT2D eigenvalue weighted by Crippen LogP contribution is -2.28. The molecule has 0 saturated heterocycles. The molecule has 0 aliphatic rings. The van der Waals surface area contributed by atoms with Crippen LogP contribution in [0, 0.1) is 0 Å². The normalized spacial score (nSPS) is 11.0. The van der Waals surface area contributed by atoms with E-state index in [2.05, 4.69) is 10.0 Å². The van der Waals surface area contributed by atoms with Crippen molar-refractivity contribution in [1.82, 2.24) is 5.32 Å². The summed E-state index contributed by atoms with van der Waals surface area (Å²) in [6, 6.07) is 17.5. The SMILES string of the molecule is COc1ccccc1CNC(=O)COc1ccc(S(=O)(=O)Nc2ccc(Cl)cc2)cc1Cl. The zero-order chi connectivity index (χ0) is 23.1. The molecule has 1 amide bonds. The quantitative estimate of drug-likeness (QED) is 0.456. The maximum absolute atomic E-state index is 12.6. The van der Waals surface area contributed by atoms with Crippen LogP contribution in [-0.2, 0) is 21.4 Å². The zero-order valence-corrected chi connectivity index (χ0v) is 19.3. The molecule has 10 heteroatoms. The number of amides is 1. The van der Waals surface area contributed by atoms with E-state index in [1.807, 2.05) is 18.2 Å². The number of benzene rings is 3. The highest BCUT2D eigenvalue weighted by Crippen LogP contribution is 2.28. The number of anilines is 1. The van der Waals surface area contributed by atoms with Crippen LogP contribution in [0.25, 0.3) is 0 Å². The van der Waals surface area contributed by atoms with Crippen molar-refractivity contribution in [2.45, 2.75) is 11.4 Å². The summed E-state index contributed by atoms with van der Waals surface area (Å²) in [7, 11) is -2.31. The van der Waals surface area contributed by atoms with Crippen molar-refractivity contribution in [2.24, 2.45) is 0 Å². The van der Waals surface area contributed by atoms with Crippen molar-refractivity contribution in [1.29, 1.82) is 0 Å².